The molecule has 0 saturated carbocycles. The molecular formula is C18H14F2N4O2S. The van der Waals surface area contributed by atoms with Crippen LogP contribution >= 0.6 is 11.3 Å². The summed E-state index contributed by atoms with van der Waals surface area (Å²) < 4.78 is 26.1. The highest BCUT2D eigenvalue weighted by molar-refractivity contribution is 7.14. The van der Waals surface area contributed by atoms with Crippen LogP contribution in [0.25, 0.3) is 0 Å². The van der Waals surface area contributed by atoms with Gasteiger partial charge in [0.05, 0.1) is 0 Å². The average molecular weight is 388 g/mol. The number of pyridine rings is 1. The monoisotopic (exact) mass is 388 g/mol. The minimum atomic E-state index is -1.11. The highest BCUT2D eigenvalue weighted by atomic mass is 32.1. The second kappa shape index (κ2) is 8.45. The molecule has 0 fully saturated rings. The summed E-state index contributed by atoms with van der Waals surface area (Å²) in [5.41, 5.74) is 1.16. The Kier molecular flexibility index (Phi) is 5.82. The van der Waals surface area contributed by atoms with E-state index in [1.807, 2.05) is 12.1 Å². The van der Waals surface area contributed by atoms with Gasteiger partial charge < -0.3 is 5.32 Å². The first kappa shape index (κ1) is 18.6. The van der Waals surface area contributed by atoms with Gasteiger partial charge in [-0.1, -0.05) is 0 Å². The van der Waals surface area contributed by atoms with E-state index in [0.29, 0.717) is 13.0 Å². The van der Waals surface area contributed by atoms with E-state index >= 15 is 0 Å². The lowest BCUT2D eigenvalue weighted by Crippen LogP contribution is -2.26. The van der Waals surface area contributed by atoms with E-state index in [1.165, 1.54) is 5.38 Å². The third-order valence-electron chi connectivity index (χ3n) is 3.59. The number of carbonyl (C=O) groups is 2. The molecule has 0 unspecified atom stereocenters. The number of anilines is 1. The van der Waals surface area contributed by atoms with Crippen LogP contribution in [0.15, 0.2) is 48.1 Å². The van der Waals surface area contributed by atoms with Crippen LogP contribution in [0.2, 0.25) is 0 Å². The fraction of sp³-hybridized carbons (Fsp3) is 0.111. The number of nitrogens with zero attached hydrogens (tertiary/aromatic N) is 2. The summed E-state index contributed by atoms with van der Waals surface area (Å²) in [7, 11) is 0. The molecule has 2 aromatic heterocycles. The van der Waals surface area contributed by atoms with E-state index in [9.17, 15) is 18.4 Å². The zero-order valence-electron chi connectivity index (χ0n) is 13.9. The van der Waals surface area contributed by atoms with E-state index in [-0.39, 0.29) is 22.3 Å². The van der Waals surface area contributed by atoms with Crippen molar-refractivity contribution >= 4 is 28.3 Å². The van der Waals surface area contributed by atoms with Crippen LogP contribution in [0, 0.1) is 11.6 Å². The summed E-state index contributed by atoms with van der Waals surface area (Å²) >= 11 is 1.06. The Balaban J connectivity index is 1.54. The van der Waals surface area contributed by atoms with E-state index in [2.05, 4.69) is 20.6 Å². The molecule has 2 N–H and O–H groups in total. The molecule has 27 heavy (non-hydrogen) atoms. The molecule has 2 amide bonds. The maximum absolute atomic E-state index is 13.2. The van der Waals surface area contributed by atoms with Crippen molar-refractivity contribution in [2.75, 3.05) is 11.9 Å². The number of nitrogens with one attached hydrogen (secondary N) is 2. The zero-order valence-corrected chi connectivity index (χ0v) is 14.7. The molecule has 138 valence electrons. The van der Waals surface area contributed by atoms with Crippen molar-refractivity contribution < 1.29 is 18.4 Å². The van der Waals surface area contributed by atoms with Crippen molar-refractivity contribution in [2.24, 2.45) is 0 Å². The van der Waals surface area contributed by atoms with Crippen LogP contribution < -0.4 is 10.6 Å². The van der Waals surface area contributed by atoms with Gasteiger partial charge in [0, 0.05) is 29.9 Å². The molecule has 6 nitrogen and oxygen atoms in total. The van der Waals surface area contributed by atoms with E-state index in [0.717, 1.165) is 35.1 Å². The third kappa shape index (κ3) is 4.91. The van der Waals surface area contributed by atoms with Gasteiger partial charge in [-0.2, -0.15) is 0 Å². The van der Waals surface area contributed by atoms with Crippen molar-refractivity contribution in [3.8, 4) is 0 Å². The van der Waals surface area contributed by atoms with E-state index < -0.39 is 17.5 Å². The maximum Gasteiger partial charge on any atom is 0.270 e. The smallest absolute Gasteiger partial charge is 0.270 e. The molecule has 0 saturated heterocycles. The van der Waals surface area contributed by atoms with Gasteiger partial charge in [0.15, 0.2) is 16.8 Å². The number of benzene rings is 1. The number of hydrogen-bond acceptors (Lipinski definition) is 5. The van der Waals surface area contributed by atoms with Gasteiger partial charge in [0.2, 0.25) is 0 Å². The number of halogens is 2. The predicted octanol–water partition coefficient (Wildman–Crippen LogP) is 3.04. The second-order valence-electron chi connectivity index (χ2n) is 5.48. The molecule has 1 aromatic carbocycles. The van der Waals surface area contributed by atoms with Gasteiger partial charge in [-0.15, -0.1) is 11.3 Å². The highest BCUT2D eigenvalue weighted by Gasteiger charge is 2.14. The molecule has 2 heterocycles. The average Bonchev–Trinajstić information content (AvgIpc) is 3.13. The van der Waals surface area contributed by atoms with Crippen LogP contribution in [0.1, 0.15) is 26.4 Å². The number of rotatable bonds is 6. The number of amides is 2. The first-order valence-electron chi connectivity index (χ1n) is 7.92. The Morgan fingerprint density at radius 3 is 2.56 bits per heavy atom. The number of hydrogen-bond donors (Lipinski definition) is 2. The maximum atomic E-state index is 13.2. The van der Waals surface area contributed by atoms with E-state index in [4.69, 9.17) is 0 Å². The van der Waals surface area contributed by atoms with Gasteiger partial charge in [-0.05, 0) is 42.3 Å². The second-order valence-corrected chi connectivity index (χ2v) is 6.34. The summed E-state index contributed by atoms with van der Waals surface area (Å²) in [6, 6.07) is 6.55. The number of carbonyl (C=O) groups excluding carboxylic acids is 2. The van der Waals surface area contributed by atoms with Gasteiger partial charge in [0.25, 0.3) is 11.8 Å². The van der Waals surface area contributed by atoms with Crippen LogP contribution in [0.4, 0.5) is 13.9 Å². The minimum Gasteiger partial charge on any atom is -0.350 e. The molecule has 0 bridgehead atoms. The zero-order chi connectivity index (χ0) is 19.2. The van der Waals surface area contributed by atoms with Crippen LogP contribution in [0.3, 0.4) is 0 Å². The van der Waals surface area contributed by atoms with Crippen LogP contribution in [-0.4, -0.2) is 28.3 Å². The van der Waals surface area contributed by atoms with Crippen molar-refractivity contribution in [1.29, 1.82) is 0 Å². The molecule has 9 heteroatoms. The Bertz CT molecular complexity index is 963. The van der Waals surface area contributed by atoms with Crippen molar-refractivity contribution in [1.82, 2.24) is 15.3 Å². The Morgan fingerprint density at radius 1 is 1.04 bits per heavy atom. The summed E-state index contributed by atoms with van der Waals surface area (Å²) in [4.78, 5) is 32.1. The fourth-order valence-corrected chi connectivity index (χ4v) is 2.89. The van der Waals surface area contributed by atoms with Gasteiger partial charge in [-0.3, -0.25) is 19.9 Å². The molecule has 0 spiro atoms. The van der Waals surface area contributed by atoms with Crippen LogP contribution in [0.5, 0.6) is 0 Å². The molecular weight excluding hydrogens is 374 g/mol. The topological polar surface area (TPSA) is 84.0 Å². The molecule has 0 aliphatic rings. The summed E-state index contributed by atoms with van der Waals surface area (Å²) in [6.07, 6.45) is 4.01. The Labute approximate surface area is 157 Å². The Morgan fingerprint density at radius 2 is 1.81 bits per heavy atom. The largest absolute Gasteiger partial charge is 0.350 e. The molecule has 0 aliphatic carbocycles. The quantitative estimate of drug-likeness (QED) is 0.680. The normalized spacial score (nSPS) is 10.4. The third-order valence-corrected chi connectivity index (χ3v) is 4.35. The lowest BCUT2D eigenvalue weighted by Gasteiger charge is -2.03. The molecule has 0 aliphatic heterocycles. The SMILES string of the molecule is O=C(Nc1nc(C(=O)NCCc2ccncc2)cs1)c1ccc(F)c(F)c1. The highest BCUT2D eigenvalue weighted by Crippen LogP contribution is 2.17. The van der Waals surface area contributed by atoms with E-state index in [1.54, 1.807) is 12.4 Å². The lowest BCUT2D eigenvalue weighted by molar-refractivity contribution is 0.0948. The Hall–Kier alpha value is -3.20. The van der Waals surface area contributed by atoms with Crippen molar-refractivity contribution in [2.45, 2.75) is 6.42 Å². The minimum absolute atomic E-state index is 0.0487. The first-order chi connectivity index (χ1) is 13.0. The number of aromatic nitrogens is 2. The van der Waals surface area contributed by atoms with Gasteiger partial charge in [-0.25, -0.2) is 13.8 Å². The fourth-order valence-electron chi connectivity index (χ4n) is 2.20. The number of thiazole rings is 1. The van der Waals surface area contributed by atoms with Crippen molar-refractivity contribution in [3.05, 3.63) is 76.6 Å². The molecule has 0 radical (unpaired) electrons. The molecule has 3 aromatic rings. The first-order valence-corrected chi connectivity index (χ1v) is 8.80. The summed E-state index contributed by atoms with van der Waals surface area (Å²) in [6.45, 7) is 0.428. The predicted molar refractivity (Wildman–Crippen MR) is 96.7 cm³/mol. The van der Waals surface area contributed by atoms with Gasteiger partial charge >= 0.3 is 0 Å². The molecule has 0 atom stereocenters. The van der Waals surface area contributed by atoms with Crippen molar-refractivity contribution in [3.63, 3.8) is 0 Å². The van der Waals surface area contributed by atoms with Crippen LogP contribution in [-0.2, 0) is 6.42 Å². The summed E-state index contributed by atoms with van der Waals surface area (Å²) in [5, 5.41) is 6.88. The van der Waals surface area contributed by atoms with Gasteiger partial charge in [0.1, 0.15) is 5.69 Å². The lowest BCUT2D eigenvalue weighted by atomic mass is 10.2. The summed E-state index contributed by atoms with van der Waals surface area (Å²) in [5.74, 6) is -3.16. The molecule has 3 rings (SSSR count). The standard InChI is InChI=1S/C18H14F2N4O2S/c19-13-2-1-12(9-14(13)20)16(25)24-18-23-15(10-27-18)17(26)22-8-5-11-3-6-21-7-4-11/h1-4,6-7,9-10H,5,8H2,(H,22,26)(H,23,24,25).